The summed E-state index contributed by atoms with van der Waals surface area (Å²) in [5, 5.41) is 3.18. The van der Waals surface area contributed by atoms with Crippen LogP contribution < -0.4 is 5.32 Å². The Morgan fingerprint density at radius 2 is 2.20 bits per heavy atom. The average Bonchev–Trinajstić information content (AvgIpc) is 2.43. The number of halogens is 2. The van der Waals surface area contributed by atoms with Crippen LogP contribution >= 0.6 is 23.4 Å². The molecule has 1 aromatic carbocycles. The lowest BCUT2D eigenvalue weighted by atomic mass is 10.3. The molecular formula is C14H12ClFN2OS. The van der Waals surface area contributed by atoms with E-state index in [-0.39, 0.29) is 21.9 Å². The predicted octanol–water partition coefficient (Wildman–Crippen LogP) is 3.99. The highest BCUT2D eigenvalue weighted by atomic mass is 35.5. The van der Waals surface area contributed by atoms with E-state index < -0.39 is 5.82 Å². The fourth-order valence-corrected chi connectivity index (χ4v) is 2.44. The van der Waals surface area contributed by atoms with Gasteiger partial charge in [-0.3, -0.25) is 4.79 Å². The minimum atomic E-state index is -0.555. The third kappa shape index (κ3) is 3.95. The van der Waals surface area contributed by atoms with E-state index in [2.05, 4.69) is 10.3 Å². The zero-order chi connectivity index (χ0) is 14.5. The summed E-state index contributed by atoms with van der Waals surface area (Å²) in [4.78, 5) is 16.1. The lowest BCUT2D eigenvalue weighted by molar-refractivity contribution is -0.115. The summed E-state index contributed by atoms with van der Waals surface area (Å²) in [6.45, 7) is 1.74. The highest BCUT2D eigenvalue weighted by Gasteiger charge is 2.16. The fourth-order valence-electron chi connectivity index (χ4n) is 1.48. The van der Waals surface area contributed by atoms with Gasteiger partial charge in [-0.2, -0.15) is 0 Å². The maximum Gasteiger partial charge on any atom is 0.237 e. The lowest BCUT2D eigenvalue weighted by Gasteiger charge is -2.12. The summed E-state index contributed by atoms with van der Waals surface area (Å²) in [5.74, 6) is -0.845. The van der Waals surface area contributed by atoms with Gasteiger partial charge in [-0.15, -0.1) is 0 Å². The molecule has 2 rings (SSSR count). The van der Waals surface area contributed by atoms with Gasteiger partial charge in [-0.1, -0.05) is 29.4 Å². The number of carbonyl (C=O) groups is 1. The standard InChI is InChI=1S/C14H12ClFN2OS/c1-9(20-13-4-2-3-7-17-13)14(19)18-12-6-5-10(15)8-11(12)16/h2-9H,1H3,(H,18,19). The van der Waals surface area contributed by atoms with Crippen LogP contribution in [0, 0.1) is 5.82 Å². The maximum absolute atomic E-state index is 13.6. The molecule has 1 atom stereocenters. The topological polar surface area (TPSA) is 42.0 Å². The number of rotatable bonds is 4. The number of anilines is 1. The minimum absolute atomic E-state index is 0.118. The van der Waals surface area contributed by atoms with Crippen molar-refractivity contribution in [1.29, 1.82) is 0 Å². The lowest BCUT2D eigenvalue weighted by Crippen LogP contribution is -2.23. The number of nitrogens with one attached hydrogen (secondary N) is 1. The summed E-state index contributed by atoms with van der Waals surface area (Å²) in [5.41, 5.74) is 0.118. The van der Waals surface area contributed by atoms with Crippen LogP contribution in [0.1, 0.15) is 6.92 Å². The molecule has 0 spiro atoms. The molecule has 0 saturated carbocycles. The smallest absolute Gasteiger partial charge is 0.237 e. The Labute approximate surface area is 125 Å². The van der Waals surface area contributed by atoms with Gasteiger partial charge < -0.3 is 5.32 Å². The van der Waals surface area contributed by atoms with Crippen molar-refractivity contribution in [2.24, 2.45) is 0 Å². The Morgan fingerprint density at radius 1 is 1.40 bits per heavy atom. The highest BCUT2D eigenvalue weighted by Crippen LogP contribution is 2.23. The second-order valence-electron chi connectivity index (χ2n) is 4.04. The van der Waals surface area contributed by atoms with Crippen molar-refractivity contribution in [2.45, 2.75) is 17.2 Å². The van der Waals surface area contributed by atoms with Gasteiger partial charge in [0.1, 0.15) is 5.82 Å². The van der Waals surface area contributed by atoms with Gasteiger partial charge >= 0.3 is 0 Å². The number of hydrogen-bond donors (Lipinski definition) is 1. The molecule has 6 heteroatoms. The number of aromatic nitrogens is 1. The van der Waals surface area contributed by atoms with Gasteiger partial charge in [0.25, 0.3) is 0 Å². The van der Waals surface area contributed by atoms with Gasteiger partial charge in [0.2, 0.25) is 5.91 Å². The molecule has 2 aromatic rings. The molecule has 1 heterocycles. The van der Waals surface area contributed by atoms with E-state index in [1.807, 2.05) is 12.1 Å². The van der Waals surface area contributed by atoms with Crippen molar-refractivity contribution in [3.63, 3.8) is 0 Å². The quantitative estimate of drug-likeness (QED) is 0.868. The first kappa shape index (κ1) is 14.8. The van der Waals surface area contributed by atoms with E-state index in [1.54, 1.807) is 19.2 Å². The Morgan fingerprint density at radius 3 is 2.85 bits per heavy atom. The van der Waals surface area contributed by atoms with Crippen molar-refractivity contribution < 1.29 is 9.18 Å². The Hall–Kier alpha value is -1.59. The van der Waals surface area contributed by atoms with Crippen molar-refractivity contribution in [1.82, 2.24) is 4.98 Å². The molecule has 20 heavy (non-hydrogen) atoms. The minimum Gasteiger partial charge on any atom is -0.323 e. The Balaban J connectivity index is 2.01. The van der Waals surface area contributed by atoms with Crippen LogP contribution in [-0.2, 0) is 4.79 Å². The molecule has 1 N–H and O–H groups in total. The molecule has 0 saturated heterocycles. The SMILES string of the molecule is CC(Sc1ccccn1)C(=O)Nc1ccc(Cl)cc1F. The summed E-state index contributed by atoms with van der Waals surface area (Å²) in [6.07, 6.45) is 1.66. The van der Waals surface area contributed by atoms with Gasteiger partial charge in [-0.05, 0) is 37.3 Å². The summed E-state index contributed by atoms with van der Waals surface area (Å²) in [7, 11) is 0. The third-order valence-electron chi connectivity index (χ3n) is 2.49. The van der Waals surface area contributed by atoms with E-state index in [9.17, 15) is 9.18 Å². The number of amides is 1. The van der Waals surface area contributed by atoms with Crippen molar-refractivity contribution >= 4 is 35.0 Å². The Bertz CT molecular complexity index is 609. The average molecular weight is 311 g/mol. The van der Waals surface area contributed by atoms with E-state index in [0.29, 0.717) is 0 Å². The number of nitrogens with zero attached hydrogens (tertiary/aromatic N) is 1. The number of thioether (sulfide) groups is 1. The van der Waals surface area contributed by atoms with Crippen molar-refractivity contribution in [3.8, 4) is 0 Å². The molecule has 0 aliphatic heterocycles. The molecule has 0 aliphatic carbocycles. The van der Waals surface area contributed by atoms with E-state index >= 15 is 0 Å². The largest absolute Gasteiger partial charge is 0.323 e. The van der Waals surface area contributed by atoms with Crippen LogP contribution in [0.15, 0.2) is 47.6 Å². The Kier molecular flexibility index (Phi) is 4.98. The second kappa shape index (κ2) is 6.72. The number of carbonyl (C=O) groups excluding carboxylic acids is 1. The van der Waals surface area contributed by atoms with E-state index in [1.165, 1.54) is 23.9 Å². The second-order valence-corrected chi connectivity index (χ2v) is 5.84. The fraction of sp³-hybridized carbons (Fsp3) is 0.143. The zero-order valence-corrected chi connectivity index (χ0v) is 12.2. The van der Waals surface area contributed by atoms with Crippen LogP contribution in [0.5, 0.6) is 0 Å². The molecule has 3 nitrogen and oxygen atoms in total. The predicted molar refractivity (Wildman–Crippen MR) is 79.6 cm³/mol. The number of pyridine rings is 1. The van der Waals surface area contributed by atoms with Crippen LogP contribution in [0.4, 0.5) is 10.1 Å². The normalized spacial score (nSPS) is 11.9. The molecule has 104 valence electrons. The van der Waals surface area contributed by atoms with E-state index in [0.717, 1.165) is 11.1 Å². The molecule has 0 bridgehead atoms. The monoisotopic (exact) mass is 310 g/mol. The molecule has 1 aromatic heterocycles. The molecule has 0 fully saturated rings. The van der Waals surface area contributed by atoms with Crippen LogP contribution in [0.2, 0.25) is 5.02 Å². The molecule has 1 amide bonds. The van der Waals surface area contributed by atoms with Gasteiger partial charge in [0.15, 0.2) is 0 Å². The van der Waals surface area contributed by atoms with Crippen LogP contribution in [0.25, 0.3) is 0 Å². The first-order chi connectivity index (χ1) is 9.56. The summed E-state index contributed by atoms with van der Waals surface area (Å²) >= 11 is 6.97. The summed E-state index contributed by atoms with van der Waals surface area (Å²) in [6, 6.07) is 9.59. The zero-order valence-electron chi connectivity index (χ0n) is 10.6. The van der Waals surface area contributed by atoms with E-state index in [4.69, 9.17) is 11.6 Å². The number of hydrogen-bond acceptors (Lipinski definition) is 3. The number of benzene rings is 1. The first-order valence-electron chi connectivity index (χ1n) is 5.90. The first-order valence-corrected chi connectivity index (χ1v) is 7.15. The van der Waals surface area contributed by atoms with Gasteiger partial charge in [-0.25, -0.2) is 9.37 Å². The van der Waals surface area contributed by atoms with Crippen LogP contribution in [-0.4, -0.2) is 16.1 Å². The van der Waals surface area contributed by atoms with Gasteiger partial charge in [0, 0.05) is 11.2 Å². The van der Waals surface area contributed by atoms with Crippen molar-refractivity contribution in [2.75, 3.05) is 5.32 Å². The summed E-state index contributed by atoms with van der Waals surface area (Å²) < 4.78 is 13.6. The van der Waals surface area contributed by atoms with Gasteiger partial charge in [0.05, 0.1) is 16.0 Å². The maximum atomic E-state index is 13.6. The molecule has 1 unspecified atom stereocenters. The molecule has 0 aliphatic rings. The molecule has 0 radical (unpaired) electrons. The molecular weight excluding hydrogens is 299 g/mol. The highest BCUT2D eigenvalue weighted by molar-refractivity contribution is 8.00. The third-order valence-corrected chi connectivity index (χ3v) is 3.78. The van der Waals surface area contributed by atoms with Crippen molar-refractivity contribution in [3.05, 3.63) is 53.4 Å². The van der Waals surface area contributed by atoms with Crippen LogP contribution in [0.3, 0.4) is 0 Å².